The van der Waals surface area contributed by atoms with E-state index in [1.165, 1.54) is 6.07 Å². The Kier molecular flexibility index (Phi) is 7.22. The fourth-order valence-electron chi connectivity index (χ4n) is 2.44. The molecule has 0 aromatic heterocycles. The van der Waals surface area contributed by atoms with Gasteiger partial charge in [0.15, 0.2) is 0 Å². The number of nitrogens with zero attached hydrogens (tertiary/aromatic N) is 1. The van der Waals surface area contributed by atoms with Crippen molar-refractivity contribution in [2.24, 2.45) is 5.92 Å². The highest BCUT2D eigenvalue weighted by Crippen LogP contribution is 2.20. The molecule has 0 aliphatic heterocycles. The maximum atomic E-state index is 13.6. The van der Waals surface area contributed by atoms with Gasteiger partial charge in [0, 0.05) is 19.1 Å². The number of aliphatic hydroxyl groups is 1. The van der Waals surface area contributed by atoms with Gasteiger partial charge in [-0.1, -0.05) is 19.9 Å². The highest BCUT2D eigenvalue weighted by molar-refractivity contribution is 5.22. The summed E-state index contributed by atoms with van der Waals surface area (Å²) in [5, 5.41) is 13.3. The van der Waals surface area contributed by atoms with Crippen molar-refractivity contribution in [1.82, 2.24) is 10.2 Å². The third-order valence-electron chi connectivity index (χ3n) is 3.27. The van der Waals surface area contributed by atoms with Crippen LogP contribution in [0.2, 0.25) is 0 Å². The first-order valence-electron chi connectivity index (χ1n) is 7.31. The second kappa shape index (κ2) is 8.41. The number of nitrogens with one attached hydrogen (secondary N) is 1. The van der Waals surface area contributed by atoms with E-state index in [-0.39, 0.29) is 18.2 Å². The number of hydrogen-bond acceptors (Lipinski definition) is 3. The lowest BCUT2D eigenvalue weighted by Crippen LogP contribution is -2.41. The van der Waals surface area contributed by atoms with Gasteiger partial charge in [-0.25, -0.2) is 8.78 Å². The average Bonchev–Trinajstić information content (AvgIpc) is 2.34. The van der Waals surface area contributed by atoms with Crippen molar-refractivity contribution in [1.29, 1.82) is 0 Å². The summed E-state index contributed by atoms with van der Waals surface area (Å²) >= 11 is 0. The van der Waals surface area contributed by atoms with Crippen LogP contribution in [-0.4, -0.2) is 43.2 Å². The number of aliphatic hydroxyl groups excluding tert-OH is 1. The molecule has 0 aliphatic carbocycles. The van der Waals surface area contributed by atoms with Crippen molar-refractivity contribution in [2.75, 3.05) is 27.2 Å². The van der Waals surface area contributed by atoms with Crippen molar-refractivity contribution in [3.8, 4) is 0 Å². The molecule has 2 N–H and O–H groups in total. The molecule has 0 amide bonds. The molecule has 21 heavy (non-hydrogen) atoms. The third kappa shape index (κ3) is 6.08. The van der Waals surface area contributed by atoms with Crippen LogP contribution in [0.4, 0.5) is 8.78 Å². The van der Waals surface area contributed by atoms with E-state index >= 15 is 0 Å². The van der Waals surface area contributed by atoms with Gasteiger partial charge in [-0.2, -0.15) is 0 Å². The number of halogens is 2. The predicted octanol–water partition coefficient (Wildman–Crippen LogP) is 2.56. The Labute approximate surface area is 126 Å². The summed E-state index contributed by atoms with van der Waals surface area (Å²) in [4.78, 5) is 2.05. The molecule has 2 unspecified atom stereocenters. The van der Waals surface area contributed by atoms with Crippen LogP contribution < -0.4 is 5.32 Å². The predicted molar refractivity (Wildman–Crippen MR) is 81.1 cm³/mol. The summed E-state index contributed by atoms with van der Waals surface area (Å²) in [7, 11) is 3.95. The molecule has 5 heteroatoms. The normalized spacial score (nSPS) is 14.7. The van der Waals surface area contributed by atoms with E-state index in [1.807, 2.05) is 14.1 Å². The third-order valence-corrected chi connectivity index (χ3v) is 3.27. The molecule has 0 saturated heterocycles. The highest BCUT2D eigenvalue weighted by atomic mass is 19.1. The SMILES string of the molecule is CC(C)CC(CN(C)C)NCC(O)c1c(F)cccc1F. The number of hydrogen-bond donors (Lipinski definition) is 2. The number of likely N-dealkylation sites (N-methyl/N-ethyl adjacent to an activating group) is 1. The van der Waals surface area contributed by atoms with E-state index in [0.29, 0.717) is 5.92 Å². The lowest BCUT2D eigenvalue weighted by molar-refractivity contribution is 0.154. The van der Waals surface area contributed by atoms with Gasteiger partial charge in [-0.15, -0.1) is 0 Å². The van der Waals surface area contributed by atoms with Gasteiger partial charge in [0.25, 0.3) is 0 Å². The first-order valence-corrected chi connectivity index (χ1v) is 7.31. The molecule has 0 heterocycles. The topological polar surface area (TPSA) is 35.5 Å². The molecule has 0 saturated carbocycles. The first kappa shape index (κ1) is 18.0. The summed E-state index contributed by atoms with van der Waals surface area (Å²) in [6, 6.07) is 3.78. The second-order valence-corrected chi connectivity index (χ2v) is 6.15. The molecule has 1 aromatic rings. The monoisotopic (exact) mass is 300 g/mol. The average molecular weight is 300 g/mol. The summed E-state index contributed by atoms with van der Waals surface area (Å²) in [6.07, 6.45) is -0.256. The van der Waals surface area contributed by atoms with Crippen molar-refractivity contribution in [2.45, 2.75) is 32.4 Å². The Hall–Kier alpha value is -1.04. The minimum Gasteiger partial charge on any atom is -0.387 e. The standard InChI is InChI=1S/C16H26F2N2O/c1-11(2)8-12(10-20(3)4)19-9-15(21)16-13(17)6-5-7-14(16)18/h5-7,11-12,15,19,21H,8-10H2,1-4H3. The van der Waals surface area contributed by atoms with E-state index in [2.05, 4.69) is 24.1 Å². The Balaban J connectivity index is 2.66. The maximum Gasteiger partial charge on any atom is 0.131 e. The molecule has 0 bridgehead atoms. The van der Waals surface area contributed by atoms with Crippen molar-refractivity contribution in [3.05, 3.63) is 35.4 Å². The zero-order valence-electron chi connectivity index (χ0n) is 13.2. The van der Waals surface area contributed by atoms with Gasteiger partial charge in [0.05, 0.1) is 11.7 Å². The van der Waals surface area contributed by atoms with E-state index in [1.54, 1.807) is 0 Å². The van der Waals surface area contributed by atoms with E-state index in [0.717, 1.165) is 25.1 Å². The molecular weight excluding hydrogens is 274 g/mol. The lowest BCUT2D eigenvalue weighted by Gasteiger charge is -2.25. The fourth-order valence-corrected chi connectivity index (χ4v) is 2.44. The number of rotatable bonds is 8. The molecule has 0 spiro atoms. The smallest absolute Gasteiger partial charge is 0.131 e. The molecule has 1 rings (SSSR count). The van der Waals surface area contributed by atoms with Gasteiger partial charge in [0.1, 0.15) is 11.6 Å². The summed E-state index contributed by atoms with van der Waals surface area (Å²) < 4.78 is 27.2. The van der Waals surface area contributed by atoms with Crippen LogP contribution in [0.1, 0.15) is 31.9 Å². The Morgan fingerprint density at radius 3 is 2.24 bits per heavy atom. The van der Waals surface area contributed by atoms with Gasteiger partial charge < -0.3 is 15.3 Å². The zero-order valence-corrected chi connectivity index (χ0v) is 13.2. The minimum absolute atomic E-state index is 0.128. The zero-order chi connectivity index (χ0) is 16.0. The van der Waals surface area contributed by atoms with Crippen molar-refractivity contribution in [3.63, 3.8) is 0 Å². The summed E-state index contributed by atoms with van der Waals surface area (Å²) in [5.41, 5.74) is -0.266. The van der Waals surface area contributed by atoms with E-state index in [9.17, 15) is 13.9 Å². The quantitative estimate of drug-likeness (QED) is 0.774. The molecule has 3 nitrogen and oxygen atoms in total. The largest absolute Gasteiger partial charge is 0.387 e. The Morgan fingerprint density at radius 2 is 1.76 bits per heavy atom. The van der Waals surface area contributed by atoms with Crippen LogP contribution in [-0.2, 0) is 0 Å². The van der Waals surface area contributed by atoms with Gasteiger partial charge in [-0.05, 0) is 38.6 Å². The minimum atomic E-state index is -1.19. The van der Waals surface area contributed by atoms with Gasteiger partial charge in [-0.3, -0.25) is 0 Å². The van der Waals surface area contributed by atoms with Crippen LogP contribution in [0, 0.1) is 17.6 Å². The molecule has 0 aliphatic rings. The van der Waals surface area contributed by atoms with Crippen LogP contribution in [0.25, 0.3) is 0 Å². The van der Waals surface area contributed by atoms with Crippen LogP contribution in [0.15, 0.2) is 18.2 Å². The highest BCUT2D eigenvalue weighted by Gasteiger charge is 2.19. The van der Waals surface area contributed by atoms with E-state index < -0.39 is 17.7 Å². The van der Waals surface area contributed by atoms with Gasteiger partial charge in [0.2, 0.25) is 0 Å². The van der Waals surface area contributed by atoms with Crippen LogP contribution in [0.5, 0.6) is 0 Å². The van der Waals surface area contributed by atoms with Crippen LogP contribution in [0.3, 0.4) is 0 Å². The lowest BCUT2D eigenvalue weighted by atomic mass is 10.0. The van der Waals surface area contributed by atoms with E-state index in [4.69, 9.17) is 0 Å². The van der Waals surface area contributed by atoms with Gasteiger partial charge >= 0.3 is 0 Å². The molecule has 1 aromatic carbocycles. The second-order valence-electron chi connectivity index (χ2n) is 6.15. The summed E-state index contributed by atoms with van der Waals surface area (Å²) in [5.74, 6) is -0.917. The molecule has 0 fully saturated rings. The molecular formula is C16H26F2N2O. The number of benzene rings is 1. The van der Waals surface area contributed by atoms with Crippen LogP contribution >= 0.6 is 0 Å². The Bertz CT molecular complexity index is 408. The molecule has 2 atom stereocenters. The van der Waals surface area contributed by atoms with Crippen molar-refractivity contribution < 1.29 is 13.9 Å². The maximum absolute atomic E-state index is 13.6. The van der Waals surface area contributed by atoms with Crippen molar-refractivity contribution >= 4 is 0 Å². The molecule has 120 valence electrons. The Morgan fingerprint density at radius 1 is 1.19 bits per heavy atom. The summed E-state index contributed by atoms with van der Waals surface area (Å²) in [6.45, 7) is 5.18. The molecule has 0 radical (unpaired) electrons. The first-order chi connectivity index (χ1) is 9.81. The fraction of sp³-hybridized carbons (Fsp3) is 0.625.